The molecule has 0 aliphatic carbocycles. The molecule has 2 saturated heterocycles. The number of carbonyl (C=O) groups is 2. The van der Waals surface area contributed by atoms with Crippen molar-refractivity contribution in [1.82, 2.24) is 15.5 Å². The number of hydrogen-bond donors (Lipinski definition) is 2. The van der Waals surface area contributed by atoms with Crippen LogP contribution >= 0.6 is 24.0 Å². The molecule has 0 saturated carbocycles. The van der Waals surface area contributed by atoms with E-state index in [1.807, 2.05) is 24.1 Å². The van der Waals surface area contributed by atoms with Gasteiger partial charge in [-0.05, 0) is 49.3 Å². The molecule has 2 fully saturated rings. The molecule has 1 aromatic rings. The van der Waals surface area contributed by atoms with Gasteiger partial charge in [0.1, 0.15) is 0 Å². The predicted octanol–water partition coefficient (Wildman–Crippen LogP) is 2.75. The van der Waals surface area contributed by atoms with Crippen LogP contribution in [0.15, 0.2) is 29.3 Å². The molecule has 30 heavy (non-hydrogen) atoms. The Hall–Kier alpha value is -1.84. The number of piperidine rings is 2. The standard InChI is InChI=1S/C22H33N5O2.HI/c1-23-20(28)15-17-10-13-26(14-11-17)22(24-2)25-16-18-6-8-19(9-7-18)27-12-4-3-5-21(27)29;/h6-9,17H,3-5,10-16H2,1-2H3,(H,23,28)(H,24,25);1H. The zero-order valence-corrected chi connectivity index (χ0v) is 20.4. The van der Waals surface area contributed by atoms with E-state index < -0.39 is 0 Å². The van der Waals surface area contributed by atoms with Crippen molar-refractivity contribution in [2.75, 3.05) is 38.6 Å². The SMILES string of the molecule is CN=C(NCc1ccc(N2CCCCC2=O)cc1)N1CCC(CC(=O)NC)CC1.I. The van der Waals surface area contributed by atoms with Gasteiger partial charge in [-0.15, -0.1) is 24.0 Å². The fourth-order valence-corrected chi connectivity index (χ4v) is 4.10. The van der Waals surface area contributed by atoms with Gasteiger partial charge in [-0.1, -0.05) is 12.1 Å². The monoisotopic (exact) mass is 527 g/mol. The molecule has 8 heteroatoms. The molecule has 0 aromatic heterocycles. The highest BCUT2D eigenvalue weighted by molar-refractivity contribution is 14.0. The number of nitrogens with one attached hydrogen (secondary N) is 2. The van der Waals surface area contributed by atoms with Gasteiger partial charge in [-0.3, -0.25) is 14.6 Å². The van der Waals surface area contributed by atoms with E-state index in [9.17, 15) is 9.59 Å². The molecule has 0 radical (unpaired) electrons. The van der Waals surface area contributed by atoms with Gasteiger partial charge in [0.05, 0.1) is 0 Å². The highest BCUT2D eigenvalue weighted by atomic mass is 127. The average Bonchev–Trinajstić information content (AvgIpc) is 2.76. The number of rotatable bonds is 5. The molecule has 0 unspecified atom stereocenters. The Morgan fingerprint density at radius 1 is 1.13 bits per heavy atom. The summed E-state index contributed by atoms with van der Waals surface area (Å²) in [6.45, 7) is 3.34. The summed E-state index contributed by atoms with van der Waals surface area (Å²) in [6, 6.07) is 8.22. The zero-order chi connectivity index (χ0) is 20.6. The third kappa shape index (κ3) is 6.58. The van der Waals surface area contributed by atoms with Crippen LogP contribution in [0.5, 0.6) is 0 Å². The van der Waals surface area contributed by atoms with Crippen LogP contribution in [-0.4, -0.2) is 56.4 Å². The number of nitrogens with zero attached hydrogens (tertiary/aromatic N) is 3. The van der Waals surface area contributed by atoms with Crippen LogP contribution in [0.3, 0.4) is 0 Å². The van der Waals surface area contributed by atoms with E-state index in [1.54, 1.807) is 7.05 Å². The maximum atomic E-state index is 12.1. The Labute approximate surface area is 196 Å². The van der Waals surface area contributed by atoms with Crippen molar-refractivity contribution in [2.24, 2.45) is 10.9 Å². The molecule has 7 nitrogen and oxygen atoms in total. The van der Waals surface area contributed by atoms with Crippen molar-refractivity contribution in [2.45, 2.75) is 45.1 Å². The van der Waals surface area contributed by atoms with Gasteiger partial charge in [0.15, 0.2) is 5.96 Å². The Balaban J connectivity index is 0.00000320. The van der Waals surface area contributed by atoms with E-state index in [4.69, 9.17) is 0 Å². The second kappa shape index (κ2) is 12.1. The average molecular weight is 527 g/mol. The molecular formula is C22H34IN5O2. The van der Waals surface area contributed by atoms with Crippen LogP contribution in [0.25, 0.3) is 0 Å². The van der Waals surface area contributed by atoms with Crippen LogP contribution in [0, 0.1) is 5.92 Å². The van der Waals surface area contributed by atoms with Gasteiger partial charge in [0, 0.05) is 58.8 Å². The summed E-state index contributed by atoms with van der Waals surface area (Å²) in [6.07, 6.45) is 5.35. The second-order valence-corrected chi connectivity index (χ2v) is 7.88. The molecule has 2 heterocycles. The number of benzene rings is 1. The van der Waals surface area contributed by atoms with Gasteiger partial charge in [-0.25, -0.2) is 0 Å². The van der Waals surface area contributed by atoms with Crippen LogP contribution in [-0.2, 0) is 16.1 Å². The van der Waals surface area contributed by atoms with Gasteiger partial charge in [0.2, 0.25) is 11.8 Å². The summed E-state index contributed by atoms with van der Waals surface area (Å²) in [7, 11) is 3.50. The summed E-state index contributed by atoms with van der Waals surface area (Å²) in [5.74, 6) is 1.70. The summed E-state index contributed by atoms with van der Waals surface area (Å²) >= 11 is 0. The van der Waals surface area contributed by atoms with Crippen LogP contribution in [0.2, 0.25) is 0 Å². The van der Waals surface area contributed by atoms with Crippen LogP contribution in [0.1, 0.15) is 44.1 Å². The first-order chi connectivity index (χ1) is 14.1. The van der Waals surface area contributed by atoms with E-state index in [2.05, 4.69) is 32.7 Å². The van der Waals surface area contributed by atoms with E-state index >= 15 is 0 Å². The van der Waals surface area contributed by atoms with Crippen molar-refractivity contribution >= 4 is 47.4 Å². The lowest BCUT2D eigenvalue weighted by Gasteiger charge is -2.34. The molecule has 1 aromatic carbocycles. The lowest BCUT2D eigenvalue weighted by molar-refractivity contribution is -0.122. The summed E-state index contributed by atoms with van der Waals surface area (Å²) in [5, 5.41) is 6.16. The maximum absolute atomic E-state index is 12.1. The largest absolute Gasteiger partial charge is 0.359 e. The highest BCUT2D eigenvalue weighted by Gasteiger charge is 2.23. The smallest absolute Gasteiger partial charge is 0.226 e. The van der Waals surface area contributed by atoms with Crippen molar-refractivity contribution in [1.29, 1.82) is 0 Å². The van der Waals surface area contributed by atoms with Crippen molar-refractivity contribution in [3.63, 3.8) is 0 Å². The molecule has 0 spiro atoms. The number of halogens is 1. The van der Waals surface area contributed by atoms with E-state index in [1.165, 1.54) is 0 Å². The first-order valence-corrected chi connectivity index (χ1v) is 10.7. The minimum Gasteiger partial charge on any atom is -0.359 e. The van der Waals surface area contributed by atoms with Gasteiger partial charge in [0.25, 0.3) is 0 Å². The van der Waals surface area contributed by atoms with Crippen molar-refractivity contribution in [3.05, 3.63) is 29.8 Å². The van der Waals surface area contributed by atoms with Gasteiger partial charge in [-0.2, -0.15) is 0 Å². The maximum Gasteiger partial charge on any atom is 0.226 e. The molecule has 0 atom stereocenters. The summed E-state index contributed by atoms with van der Waals surface area (Å²) < 4.78 is 0. The van der Waals surface area contributed by atoms with Gasteiger partial charge < -0.3 is 20.4 Å². The molecular weight excluding hydrogens is 493 g/mol. The number of amides is 2. The number of likely N-dealkylation sites (tertiary alicyclic amines) is 1. The van der Waals surface area contributed by atoms with E-state index in [0.29, 0.717) is 25.3 Å². The number of guanidine groups is 1. The molecule has 166 valence electrons. The lowest BCUT2D eigenvalue weighted by atomic mass is 9.93. The molecule has 2 aliphatic rings. The highest BCUT2D eigenvalue weighted by Crippen LogP contribution is 2.22. The first-order valence-electron chi connectivity index (χ1n) is 10.7. The summed E-state index contributed by atoms with van der Waals surface area (Å²) in [5.41, 5.74) is 2.15. The fourth-order valence-electron chi connectivity index (χ4n) is 4.10. The lowest BCUT2D eigenvalue weighted by Crippen LogP contribution is -2.45. The topological polar surface area (TPSA) is 77.0 Å². The molecule has 0 bridgehead atoms. The molecule has 2 amide bonds. The summed E-state index contributed by atoms with van der Waals surface area (Å²) in [4.78, 5) is 32.2. The van der Waals surface area contributed by atoms with Gasteiger partial charge >= 0.3 is 0 Å². The number of anilines is 1. The molecule has 2 aliphatic heterocycles. The third-order valence-corrected chi connectivity index (χ3v) is 5.90. The minimum atomic E-state index is 0. The normalized spacial score (nSPS) is 18.1. The molecule has 2 N–H and O–H groups in total. The molecule has 3 rings (SSSR count). The van der Waals surface area contributed by atoms with E-state index in [-0.39, 0.29) is 35.8 Å². The number of hydrogen-bond acceptors (Lipinski definition) is 3. The quantitative estimate of drug-likeness (QED) is 0.351. The van der Waals surface area contributed by atoms with Crippen molar-refractivity contribution in [3.8, 4) is 0 Å². The van der Waals surface area contributed by atoms with Crippen LogP contribution < -0.4 is 15.5 Å². The Bertz CT molecular complexity index is 730. The first kappa shape index (κ1) is 24.4. The Morgan fingerprint density at radius 3 is 2.43 bits per heavy atom. The zero-order valence-electron chi connectivity index (χ0n) is 18.0. The number of aliphatic imine (C=N–C) groups is 1. The van der Waals surface area contributed by atoms with Crippen molar-refractivity contribution < 1.29 is 9.59 Å². The minimum absolute atomic E-state index is 0. The fraction of sp³-hybridized carbons (Fsp3) is 0.591. The predicted molar refractivity (Wildman–Crippen MR) is 131 cm³/mol. The Kier molecular flexibility index (Phi) is 9.87. The third-order valence-electron chi connectivity index (χ3n) is 5.90. The Morgan fingerprint density at radius 2 is 1.83 bits per heavy atom. The number of carbonyl (C=O) groups excluding carboxylic acids is 2. The van der Waals surface area contributed by atoms with Crippen LogP contribution in [0.4, 0.5) is 5.69 Å². The van der Waals surface area contributed by atoms with E-state index in [0.717, 1.165) is 62.5 Å². The second-order valence-electron chi connectivity index (χ2n) is 7.88.